The number of hydrogen-bond donors (Lipinski definition) is 0. The van der Waals surface area contributed by atoms with Crippen molar-refractivity contribution in [3.8, 4) is 0 Å². The molecule has 2 heterocycles. The number of hydrogen-bond acceptors (Lipinski definition) is 6. The first-order valence-electron chi connectivity index (χ1n) is 15.4. The topological polar surface area (TPSA) is 55.4 Å². The summed E-state index contributed by atoms with van der Waals surface area (Å²) in [5.41, 5.74) is 2.31. The maximum absolute atomic E-state index is 6.42. The second kappa shape index (κ2) is 15.4. The van der Waals surface area contributed by atoms with Gasteiger partial charge in [-0.3, -0.25) is 0 Å². The van der Waals surface area contributed by atoms with Crippen LogP contribution in [0.3, 0.4) is 0 Å². The Labute approximate surface area is 253 Å². The van der Waals surface area contributed by atoms with Crippen LogP contribution in [0, 0.1) is 11.8 Å². The molecule has 4 rings (SSSR count). The highest BCUT2D eigenvalue weighted by Gasteiger charge is 2.40. The lowest BCUT2D eigenvalue weighted by Crippen LogP contribution is -2.37. The molecule has 42 heavy (non-hydrogen) atoms. The van der Waals surface area contributed by atoms with E-state index < -0.39 is 11.6 Å². The average molecular weight is 579 g/mol. The lowest BCUT2D eigenvalue weighted by atomic mass is 9.97. The van der Waals surface area contributed by atoms with E-state index in [4.69, 9.17) is 28.4 Å². The quantitative estimate of drug-likeness (QED) is 0.160. The molecule has 2 aromatic carbocycles. The molecule has 0 bridgehead atoms. The fraction of sp³-hybridized carbons (Fsp3) is 0.556. The molecule has 2 aromatic rings. The van der Waals surface area contributed by atoms with Crippen molar-refractivity contribution in [2.24, 2.45) is 11.8 Å². The summed E-state index contributed by atoms with van der Waals surface area (Å²) in [6.45, 7) is 14.4. The first-order valence-corrected chi connectivity index (χ1v) is 15.4. The molecule has 6 atom stereocenters. The van der Waals surface area contributed by atoms with Gasteiger partial charge in [0, 0.05) is 11.8 Å². The third-order valence-corrected chi connectivity index (χ3v) is 7.78. The highest BCUT2D eigenvalue weighted by atomic mass is 16.8. The van der Waals surface area contributed by atoms with Crippen LogP contribution < -0.4 is 0 Å². The van der Waals surface area contributed by atoms with Gasteiger partial charge in [-0.1, -0.05) is 98.8 Å². The van der Waals surface area contributed by atoms with E-state index in [0.717, 1.165) is 24.0 Å². The van der Waals surface area contributed by atoms with Gasteiger partial charge in [0.15, 0.2) is 11.6 Å². The Morgan fingerprint density at radius 2 is 1.05 bits per heavy atom. The van der Waals surface area contributed by atoms with Crippen LogP contribution in [-0.4, -0.2) is 49.2 Å². The standard InChI is InChI=1S/C36H50O6/c1-27(33(31-25-39-35(3,4)41-31)37-23-29-19-13-9-14-20-29)17-11-7-8-12-18-28(2)34(32-26-40-36(5,6)42-32)38-24-30-21-15-10-16-22-30/h9-22,27-28,31-34H,7-8,23-26H2,1-6H3/b17-11+,18-12+/t27-,28-,31-,32-,33-,34-/m1/s1. The normalized spacial score (nSPS) is 24.7. The van der Waals surface area contributed by atoms with Crippen molar-refractivity contribution in [2.75, 3.05) is 13.2 Å². The number of rotatable bonds is 15. The number of benzene rings is 2. The van der Waals surface area contributed by atoms with Crippen LogP contribution >= 0.6 is 0 Å². The van der Waals surface area contributed by atoms with Gasteiger partial charge < -0.3 is 28.4 Å². The first-order chi connectivity index (χ1) is 20.1. The second-order valence-corrected chi connectivity index (χ2v) is 12.4. The van der Waals surface area contributed by atoms with Crippen LogP contribution in [0.2, 0.25) is 0 Å². The van der Waals surface area contributed by atoms with E-state index >= 15 is 0 Å². The molecule has 0 radical (unpaired) electrons. The summed E-state index contributed by atoms with van der Waals surface area (Å²) < 4.78 is 36.9. The molecule has 0 N–H and O–H groups in total. The Kier molecular flexibility index (Phi) is 12.0. The summed E-state index contributed by atoms with van der Waals surface area (Å²) in [4.78, 5) is 0. The van der Waals surface area contributed by atoms with Gasteiger partial charge in [0.1, 0.15) is 12.2 Å². The van der Waals surface area contributed by atoms with E-state index in [9.17, 15) is 0 Å². The zero-order chi connectivity index (χ0) is 30.0. The van der Waals surface area contributed by atoms with Crippen molar-refractivity contribution in [1.82, 2.24) is 0 Å². The van der Waals surface area contributed by atoms with Crippen LogP contribution in [0.15, 0.2) is 85.0 Å². The maximum Gasteiger partial charge on any atom is 0.163 e. The van der Waals surface area contributed by atoms with Crippen molar-refractivity contribution < 1.29 is 28.4 Å². The van der Waals surface area contributed by atoms with Crippen LogP contribution in [0.5, 0.6) is 0 Å². The summed E-state index contributed by atoms with van der Waals surface area (Å²) in [5, 5.41) is 0. The highest BCUT2D eigenvalue weighted by molar-refractivity contribution is 5.14. The van der Waals surface area contributed by atoms with Gasteiger partial charge in [-0.25, -0.2) is 0 Å². The molecule has 6 heteroatoms. The highest BCUT2D eigenvalue weighted by Crippen LogP contribution is 2.31. The zero-order valence-corrected chi connectivity index (χ0v) is 26.2. The van der Waals surface area contributed by atoms with Crippen molar-refractivity contribution in [2.45, 2.75) is 104 Å². The zero-order valence-electron chi connectivity index (χ0n) is 26.2. The Morgan fingerprint density at radius 1 is 0.667 bits per heavy atom. The van der Waals surface area contributed by atoms with E-state index in [0.29, 0.717) is 26.4 Å². The van der Waals surface area contributed by atoms with E-state index in [1.54, 1.807) is 0 Å². The fourth-order valence-corrected chi connectivity index (χ4v) is 5.52. The Hall–Kier alpha value is -2.32. The summed E-state index contributed by atoms with van der Waals surface area (Å²) in [5.74, 6) is -0.814. The third-order valence-electron chi connectivity index (χ3n) is 7.78. The van der Waals surface area contributed by atoms with Gasteiger partial charge >= 0.3 is 0 Å². The third kappa shape index (κ3) is 10.1. The lowest BCUT2D eigenvalue weighted by Gasteiger charge is -2.28. The Morgan fingerprint density at radius 3 is 1.38 bits per heavy atom. The van der Waals surface area contributed by atoms with Crippen molar-refractivity contribution in [1.29, 1.82) is 0 Å². The Bertz CT molecular complexity index is 1020. The molecule has 2 saturated heterocycles. The van der Waals surface area contributed by atoms with Gasteiger partial charge in [-0.05, 0) is 51.7 Å². The largest absolute Gasteiger partial charge is 0.370 e. The SMILES string of the molecule is C[C@H](/C=C/CC/C=C/[C@@H](C)[C@@H](OCc1ccccc1)[C@H]1COC(C)(C)O1)[C@@H](OCc1ccccc1)[C@H]1COC(C)(C)O1. The minimum atomic E-state index is -0.585. The van der Waals surface area contributed by atoms with E-state index in [1.165, 1.54) is 0 Å². The molecule has 0 aliphatic carbocycles. The molecular weight excluding hydrogens is 528 g/mol. The molecule has 6 nitrogen and oxygen atoms in total. The summed E-state index contributed by atoms with van der Waals surface area (Å²) in [7, 11) is 0. The van der Waals surface area contributed by atoms with Gasteiger partial charge in [0.25, 0.3) is 0 Å². The van der Waals surface area contributed by atoms with Crippen molar-refractivity contribution in [3.63, 3.8) is 0 Å². The monoisotopic (exact) mass is 578 g/mol. The van der Waals surface area contributed by atoms with Crippen LogP contribution in [0.1, 0.15) is 65.5 Å². The average Bonchev–Trinajstić information content (AvgIpc) is 3.52. The smallest absolute Gasteiger partial charge is 0.163 e. The predicted octanol–water partition coefficient (Wildman–Crippen LogP) is 7.63. The maximum atomic E-state index is 6.42. The van der Waals surface area contributed by atoms with E-state index in [2.05, 4.69) is 62.4 Å². The summed E-state index contributed by atoms with van der Waals surface area (Å²) in [6.07, 6.45) is 10.5. The number of ether oxygens (including phenoxy) is 6. The molecule has 2 fully saturated rings. The molecule has 0 spiro atoms. The minimum absolute atomic E-state index is 0.0980. The molecule has 0 saturated carbocycles. The molecular formula is C36H50O6. The number of allylic oxidation sites excluding steroid dienone is 2. The first kappa shape index (κ1) is 32.6. The predicted molar refractivity (Wildman–Crippen MR) is 166 cm³/mol. The minimum Gasteiger partial charge on any atom is -0.370 e. The molecule has 230 valence electrons. The molecule has 2 aliphatic heterocycles. The van der Waals surface area contributed by atoms with Gasteiger partial charge in [-0.15, -0.1) is 0 Å². The van der Waals surface area contributed by atoms with Gasteiger partial charge in [0.2, 0.25) is 0 Å². The van der Waals surface area contributed by atoms with Crippen LogP contribution in [0.25, 0.3) is 0 Å². The lowest BCUT2D eigenvalue weighted by molar-refractivity contribution is -0.162. The Balaban J connectivity index is 1.29. The second-order valence-electron chi connectivity index (χ2n) is 12.4. The fourth-order valence-electron chi connectivity index (χ4n) is 5.52. The molecule has 0 unspecified atom stereocenters. The van der Waals surface area contributed by atoms with Crippen LogP contribution in [-0.2, 0) is 41.6 Å². The summed E-state index contributed by atoms with van der Waals surface area (Å²) >= 11 is 0. The van der Waals surface area contributed by atoms with E-state index in [-0.39, 0.29) is 36.3 Å². The van der Waals surface area contributed by atoms with Gasteiger partial charge in [0.05, 0.1) is 38.6 Å². The van der Waals surface area contributed by atoms with Crippen molar-refractivity contribution >= 4 is 0 Å². The van der Waals surface area contributed by atoms with Crippen LogP contribution in [0.4, 0.5) is 0 Å². The molecule has 0 aromatic heterocycles. The van der Waals surface area contributed by atoms with E-state index in [1.807, 2.05) is 64.1 Å². The molecule has 0 amide bonds. The van der Waals surface area contributed by atoms with Crippen molar-refractivity contribution in [3.05, 3.63) is 96.1 Å². The molecule has 2 aliphatic rings. The number of unbranched alkanes of at least 4 members (excludes halogenated alkanes) is 1. The summed E-state index contributed by atoms with van der Waals surface area (Å²) in [6, 6.07) is 20.5. The van der Waals surface area contributed by atoms with Gasteiger partial charge in [-0.2, -0.15) is 0 Å².